The molecule has 0 saturated carbocycles. The molecule has 0 aliphatic rings. The summed E-state index contributed by atoms with van der Waals surface area (Å²) < 4.78 is 26.7. The summed E-state index contributed by atoms with van der Waals surface area (Å²) >= 11 is 12.5. The highest BCUT2D eigenvalue weighted by molar-refractivity contribution is 7.92. The van der Waals surface area contributed by atoms with Gasteiger partial charge in [0.25, 0.3) is 0 Å². The monoisotopic (exact) mass is 583 g/mol. The minimum Gasteiger partial charge on any atom is -0.350 e. The molecule has 1 N–H and O–H groups in total. The van der Waals surface area contributed by atoms with Gasteiger partial charge in [-0.1, -0.05) is 69.1 Å². The Balaban J connectivity index is 2.50. The van der Waals surface area contributed by atoms with Crippen molar-refractivity contribution in [3.05, 3.63) is 63.6 Å². The second-order valence-electron chi connectivity index (χ2n) is 11.5. The van der Waals surface area contributed by atoms with E-state index in [1.54, 1.807) is 37.3 Å². The van der Waals surface area contributed by atoms with Gasteiger partial charge in [0.1, 0.15) is 12.6 Å². The van der Waals surface area contributed by atoms with Crippen LogP contribution in [0.15, 0.2) is 42.5 Å². The first kappa shape index (κ1) is 31.9. The maximum absolute atomic E-state index is 13.8. The molecule has 0 fully saturated rings. The Morgan fingerprint density at radius 2 is 1.55 bits per heavy atom. The fourth-order valence-electron chi connectivity index (χ4n) is 3.95. The number of nitrogens with one attached hydrogen (secondary N) is 1. The molecule has 7 nitrogen and oxygen atoms in total. The van der Waals surface area contributed by atoms with Crippen LogP contribution in [0.5, 0.6) is 0 Å². The maximum Gasteiger partial charge on any atom is 0.244 e. The SMILES string of the molecule is CC[C@H](C(=O)NC(C)(C)C)N(Cc1ccc(Cl)cc1Cl)C(=O)CN(c1ccc(C(C)(C)C)cc1)S(C)(=O)=O. The van der Waals surface area contributed by atoms with E-state index in [-0.39, 0.29) is 17.9 Å². The summed E-state index contributed by atoms with van der Waals surface area (Å²) in [4.78, 5) is 28.5. The Kier molecular flexibility index (Phi) is 10.3. The Morgan fingerprint density at radius 3 is 2.00 bits per heavy atom. The van der Waals surface area contributed by atoms with Crippen molar-refractivity contribution in [2.75, 3.05) is 17.1 Å². The number of hydrogen-bond acceptors (Lipinski definition) is 4. The third-order valence-electron chi connectivity index (χ3n) is 5.94. The zero-order chi connectivity index (χ0) is 29.1. The Hall–Kier alpha value is -2.29. The highest BCUT2D eigenvalue weighted by atomic mass is 35.5. The van der Waals surface area contributed by atoms with Crippen molar-refractivity contribution in [1.29, 1.82) is 0 Å². The van der Waals surface area contributed by atoms with Crippen LogP contribution >= 0.6 is 23.2 Å². The van der Waals surface area contributed by atoms with Gasteiger partial charge in [-0.3, -0.25) is 13.9 Å². The predicted octanol–water partition coefficient (Wildman–Crippen LogP) is 5.78. The summed E-state index contributed by atoms with van der Waals surface area (Å²) in [6.45, 7) is 13.1. The van der Waals surface area contributed by atoms with Gasteiger partial charge in [-0.15, -0.1) is 0 Å². The summed E-state index contributed by atoms with van der Waals surface area (Å²) in [5.41, 5.74) is 1.35. The largest absolute Gasteiger partial charge is 0.350 e. The number of carbonyl (C=O) groups is 2. The average molecular weight is 585 g/mol. The third-order valence-corrected chi connectivity index (χ3v) is 7.67. The number of rotatable bonds is 9. The second kappa shape index (κ2) is 12.3. The van der Waals surface area contributed by atoms with Crippen molar-refractivity contribution in [3.8, 4) is 0 Å². The Morgan fingerprint density at radius 1 is 0.974 bits per heavy atom. The van der Waals surface area contributed by atoms with Crippen molar-refractivity contribution < 1.29 is 18.0 Å². The minimum atomic E-state index is -3.82. The van der Waals surface area contributed by atoms with Crippen LogP contribution in [-0.4, -0.2) is 49.5 Å². The maximum atomic E-state index is 13.8. The zero-order valence-electron chi connectivity index (χ0n) is 23.4. The topological polar surface area (TPSA) is 86.8 Å². The molecule has 0 saturated heterocycles. The molecule has 0 unspecified atom stereocenters. The lowest BCUT2D eigenvalue weighted by Gasteiger charge is -2.34. The van der Waals surface area contributed by atoms with E-state index >= 15 is 0 Å². The second-order valence-corrected chi connectivity index (χ2v) is 14.2. The number of sulfonamides is 1. The molecule has 0 aliphatic carbocycles. The summed E-state index contributed by atoms with van der Waals surface area (Å²) in [7, 11) is -3.82. The van der Waals surface area contributed by atoms with Crippen LogP contribution in [0.4, 0.5) is 5.69 Å². The van der Waals surface area contributed by atoms with E-state index < -0.39 is 34.1 Å². The van der Waals surface area contributed by atoms with Crippen molar-refractivity contribution >= 4 is 50.7 Å². The zero-order valence-corrected chi connectivity index (χ0v) is 25.8. The molecule has 210 valence electrons. The summed E-state index contributed by atoms with van der Waals surface area (Å²) in [5, 5.41) is 3.72. The van der Waals surface area contributed by atoms with E-state index in [1.807, 2.05) is 32.9 Å². The number of halogens is 2. The van der Waals surface area contributed by atoms with Gasteiger partial charge >= 0.3 is 0 Å². The molecule has 0 aliphatic heterocycles. The van der Waals surface area contributed by atoms with Gasteiger partial charge in [0.15, 0.2) is 0 Å². The molecule has 0 bridgehead atoms. The van der Waals surface area contributed by atoms with E-state index in [2.05, 4.69) is 26.1 Å². The molecule has 10 heteroatoms. The minimum absolute atomic E-state index is 0.00543. The lowest BCUT2D eigenvalue weighted by molar-refractivity contribution is -0.141. The van der Waals surface area contributed by atoms with Crippen LogP contribution in [-0.2, 0) is 31.6 Å². The number of amides is 2. The fourth-order valence-corrected chi connectivity index (χ4v) is 5.27. The highest BCUT2D eigenvalue weighted by Crippen LogP contribution is 2.27. The van der Waals surface area contributed by atoms with Crippen LogP contribution in [0.2, 0.25) is 10.0 Å². The molecule has 2 amide bonds. The quantitative estimate of drug-likeness (QED) is 0.405. The van der Waals surface area contributed by atoms with Crippen molar-refractivity contribution in [1.82, 2.24) is 10.2 Å². The lowest BCUT2D eigenvalue weighted by atomic mass is 9.87. The number of carbonyl (C=O) groups excluding carboxylic acids is 2. The molecule has 2 aromatic carbocycles. The smallest absolute Gasteiger partial charge is 0.244 e. The van der Waals surface area contributed by atoms with E-state index in [4.69, 9.17) is 23.2 Å². The van der Waals surface area contributed by atoms with Gasteiger partial charge in [0, 0.05) is 22.1 Å². The molecule has 2 aromatic rings. The lowest BCUT2D eigenvalue weighted by Crippen LogP contribution is -2.55. The number of benzene rings is 2. The number of nitrogens with zero attached hydrogens (tertiary/aromatic N) is 2. The first-order valence-electron chi connectivity index (χ1n) is 12.5. The molecule has 0 aromatic heterocycles. The predicted molar refractivity (Wildman–Crippen MR) is 156 cm³/mol. The molecule has 0 radical (unpaired) electrons. The Bertz CT molecular complexity index is 1250. The summed E-state index contributed by atoms with van der Waals surface area (Å²) in [6, 6.07) is 11.2. The van der Waals surface area contributed by atoms with Crippen molar-refractivity contribution in [2.45, 2.75) is 78.4 Å². The first-order chi connectivity index (χ1) is 17.3. The summed E-state index contributed by atoms with van der Waals surface area (Å²) in [5.74, 6) is -0.865. The molecule has 0 heterocycles. The van der Waals surface area contributed by atoms with Gasteiger partial charge < -0.3 is 10.2 Å². The number of hydrogen-bond donors (Lipinski definition) is 1. The van der Waals surface area contributed by atoms with Crippen LogP contribution < -0.4 is 9.62 Å². The molecule has 1 atom stereocenters. The van der Waals surface area contributed by atoms with Crippen LogP contribution in [0.3, 0.4) is 0 Å². The molecule has 38 heavy (non-hydrogen) atoms. The summed E-state index contributed by atoms with van der Waals surface area (Å²) in [6.07, 6.45) is 1.37. The van der Waals surface area contributed by atoms with Gasteiger partial charge in [-0.05, 0) is 68.0 Å². The highest BCUT2D eigenvalue weighted by Gasteiger charge is 2.33. The average Bonchev–Trinajstić information content (AvgIpc) is 2.76. The molecule has 0 spiro atoms. The van der Waals surface area contributed by atoms with E-state index in [0.717, 1.165) is 16.1 Å². The molecule has 2 rings (SSSR count). The van der Waals surface area contributed by atoms with Gasteiger partial charge in [-0.25, -0.2) is 8.42 Å². The van der Waals surface area contributed by atoms with Gasteiger partial charge in [0.2, 0.25) is 21.8 Å². The van der Waals surface area contributed by atoms with E-state index in [9.17, 15) is 18.0 Å². The van der Waals surface area contributed by atoms with Crippen molar-refractivity contribution in [2.24, 2.45) is 0 Å². The molecular formula is C28H39Cl2N3O4S. The van der Waals surface area contributed by atoms with Crippen LogP contribution in [0.1, 0.15) is 66.0 Å². The van der Waals surface area contributed by atoms with Crippen LogP contribution in [0, 0.1) is 0 Å². The fraction of sp³-hybridized carbons (Fsp3) is 0.500. The van der Waals surface area contributed by atoms with Crippen molar-refractivity contribution in [3.63, 3.8) is 0 Å². The van der Waals surface area contributed by atoms with Crippen LogP contribution in [0.25, 0.3) is 0 Å². The third kappa shape index (κ3) is 8.89. The standard InChI is InChI=1S/C28H39Cl2N3O4S/c1-9-24(26(35)31-28(5,6)7)32(17-19-10-13-21(29)16-23(19)30)25(34)18-33(38(8,36)37)22-14-11-20(12-15-22)27(2,3)4/h10-16,24H,9,17-18H2,1-8H3,(H,31,35)/t24-/m1/s1. The first-order valence-corrected chi connectivity index (χ1v) is 15.1. The molecular weight excluding hydrogens is 545 g/mol. The number of anilines is 1. The Labute approximate surface area is 237 Å². The van der Waals surface area contributed by atoms with Gasteiger partial charge in [-0.2, -0.15) is 0 Å². The van der Waals surface area contributed by atoms with E-state index in [0.29, 0.717) is 27.7 Å². The van der Waals surface area contributed by atoms with E-state index in [1.165, 1.54) is 4.90 Å². The van der Waals surface area contributed by atoms with Gasteiger partial charge in [0.05, 0.1) is 11.9 Å². The normalized spacial score (nSPS) is 13.1.